The average molecular weight is 302 g/mol. The van der Waals surface area contributed by atoms with E-state index in [0.717, 1.165) is 6.08 Å². The van der Waals surface area contributed by atoms with Crippen LogP contribution in [0.25, 0.3) is 0 Å². The summed E-state index contributed by atoms with van der Waals surface area (Å²) < 4.78 is 34.0. The van der Waals surface area contributed by atoms with Crippen LogP contribution in [0.4, 0.5) is 0 Å². The standard InChI is InChI=1S/C12H14O7S/c1-2-7(14)18-8-10(5-13)3-6-11(4-10)9(12(8,11)15)19-20(6,16)17/h2,6,8-9,13,15H,1,3-5H2. The Morgan fingerprint density at radius 2 is 2.25 bits per heavy atom. The minimum Gasteiger partial charge on any atom is -0.455 e. The van der Waals surface area contributed by atoms with E-state index in [1.165, 1.54) is 0 Å². The normalized spacial score (nSPS) is 56.4. The molecule has 110 valence electrons. The van der Waals surface area contributed by atoms with Crippen LogP contribution in [0.3, 0.4) is 0 Å². The molecule has 0 aromatic carbocycles. The highest BCUT2D eigenvalue weighted by molar-refractivity contribution is 7.87. The summed E-state index contributed by atoms with van der Waals surface area (Å²) >= 11 is 0. The third-order valence-corrected chi connectivity index (χ3v) is 7.34. The molecule has 6 atom stereocenters. The molecular weight excluding hydrogens is 288 g/mol. The smallest absolute Gasteiger partial charge is 0.330 e. The van der Waals surface area contributed by atoms with Crippen LogP contribution >= 0.6 is 0 Å². The van der Waals surface area contributed by atoms with Gasteiger partial charge in [-0.2, -0.15) is 8.42 Å². The molecule has 7 nitrogen and oxygen atoms in total. The van der Waals surface area contributed by atoms with Crippen LogP contribution in [-0.4, -0.2) is 54.3 Å². The minimum atomic E-state index is -3.71. The first-order valence-corrected chi connectivity index (χ1v) is 7.84. The van der Waals surface area contributed by atoms with Gasteiger partial charge in [0.1, 0.15) is 17.8 Å². The fraction of sp³-hybridized carbons (Fsp3) is 0.750. The van der Waals surface area contributed by atoms with Crippen molar-refractivity contribution >= 4 is 16.1 Å². The van der Waals surface area contributed by atoms with Gasteiger partial charge in [0, 0.05) is 11.5 Å². The van der Waals surface area contributed by atoms with Crippen LogP contribution in [0.2, 0.25) is 0 Å². The number of esters is 1. The Hall–Kier alpha value is -0.960. The van der Waals surface area contributed by atoms with E-state index in [-0.39, 0.29) is 19.4 Å². The molecule has 3 saturated carbocycles. The molecule has 4 aliphatic rings. The molecule has 4 fully saturated rings. The van der Waals surface area contributed by atoms with E-state index < -0.39 is 50.0 Å². The van der Waals surface area contributed by atoms with Crippen LogP contribution in [0.5, 0.6) is 0 Å². The molecule has 3 aliphatic carbocycles. The lowest BCUT2D eigenvalue weighted by atomic mass is 9.79. The lowest BCUT2D eigenvalue weighted by molar-refractivity contribution is -0.169. The van der Waals surface area contributed by atoms with Crippen molar-refractivity contribution in [1.82, 2.24) is 0 Å². The Labute approximate surface area is 115 Å². The second-order valence-corrected chi connectivity index (χ2v) is 7.99. The van der Waals surface area contributed by atoms with Crippen LogP contribution < -0.4 is 0 Å². The molecule has 1 aliphatic heterocycles. The molecule has 1 heterocycles. The van der Waals surface area contributed by atoms with Gasteiger partial charge in [-0.3, -0.25) is 4.18 Å². The molecule has 0 aromatic heterocycles. The second-order valence-electron chi connectivity index (χ2n) is 6.25. The van der Waals surface area contributed by atoms with Crippen LogP contribution in [0.15, 0.2) is 12.7 Å². The fourth-order valence-electron chi connectivity index (χ4n) is 4.86. The monoisotopic (exact) mass is 302 g/mol. The van der Waals surface area contributed by atoms with Crippen LogP contribution in [-0.2, 0) is 23.8 Å². The lowest BCUT2D eigenvalue weighted by Crippen LogP contribution is -2.53. The number of aliphatic hydroxyl groups is 2. The van der Waals surface area contributed by atoms with Crippen molar-refractivity contribution in [1.29, 1.82) is 0 Å². The first-order valence-electron chi connectivity index (χ1n) is 6.37. The third-order valence-electron chi connectivity index (χ3n) is 5.59. The largest absolute Gasteiger partial charge is 0.455 e. The summed E-state index contributed by atoms with van der Waals surface area (Å²) in [6.07, 6.45) is -0.418. The number of aliphatic hydroxyl groups excluding tert-OH is 1. The maximum Gasteiger partial charge on any atom is 0.330 e. The van der Waals surface area contributed by atoms with Crippen molar-refractivity contribution in [2.45, 2.75) is 35.9 Å². The Balaban J connectivity index is 1.80. The maximum atomic E-state index is 11.9. The zero-order valence-electron chi connectivity index (χ0n) is 10.5. The van der Waals surface area contributed by atoms with Gasteiger partial charge in [0.25, 0.3) is 10.1 Å². The summed E-state index contributed by atoms with van der Waals surface area (Å²) in [5.74, 6) is -0.704. The van der Waals surface area contributed by atoms with Crippen molar-refractivity contribution < 1.29 is 32.3 Å². The zero-order chi connectivity index (χ0) is 14.6. The summed E-state index contributed by atoms with van der Waals surface area (Å²) in [6.45, 7) is 2.96. The molecule has 4 rings (SSSR count). The Kier molecular flexibility index (Phi) is 1.98. The highest BCUT2D eigenvalue weighted by Crippen LogP contribution is 2.84. The SMILES string of the molecule is C=CC(=O)OC1C2(CO)CC3C4(C2)C(OS3(=O)=O)C14O. The van der Waals surface area contributed by atoms with Gasteiger partial charge in [0.05, 0.1) is 17.3 Å². The molecule has 20 heavy (non-hydrogen) atoms. The lowest BCUT2D eigenvalue weighted by Gasteiger charge is -2.39. The summed E-state index contributed by atoms with van der Waals surface area (Å²) in [5.41, 5.74) is -3.35. The number of carbonyl (C=O) groups excluding carboxylic acids is 1. The summed E-state index contributed by atoms with van der Waals surface area (Å²) in [4.78, 5) is 11.4. The molecule has 1 saturated heterocycles. The highest BCUT2D eigenvalue weighted by atomic mass is 32.2. The van der Waals surface area contributed by atoms with E-state index in [1.54, 1.807) is 0 Å². The van der Waals surface area contributed by atoms with Gasteiger partial charge in [-0.15, -0.1) is 0 Å². The zero-order valence-corrected chi connectivity index (χ0v) is 11.3. The van der Waals surface area contributed by atoms with Gasteiger partial charge in [-0.1, -0.05) is 6.58 Å². The molecule has 2 bridgehead atoms. The van der Waals surface area contributed by atoms with Crippen LogP contribution in [0.1, 0.15) is 12.8 Å². The summed E-state index contributed by atoms with van der Waals surface area (Å²) in [6, 6.07) is 0. The van der Waals surface area contributed by atoms with E-state index >= 15 is 0 Å². The maximum absolute atomic E-state index is 11.9. The van der Waals surface area contributed by atoms with E-state index in [0.29, 0.717) is 0 Å². The number of carbonyl (C=O) groups is 1. The fourth-order valence-corrected chi connectivity index (χ4v) is 7.03. The van der Waals surface area contributed by atoms with Gasteiger partial charge >= 0.3 is 5.97 Å². The highest BCUT2D eigenvalue weighted by Gasteiger charge is 3.00. The molecule has 2 N–H and O–H groups in total. The van der Waals surface area contributed by atoms with Gasteiger partial charge in [-0.05, 0) is 12.8 Å². The third kappa shape index (κ3) is 0.975. The number of hydrogen-bond donors (Lipinski definition) is 2. The van der Waals surface area contributed by atoms with Gasteiger partial charge in [-0.25, -0.2) is 4.79 Å². The Morgan fingerprint density at radius 1 is 1.55 bits per heavy atom. The Bertz CT molecular complexity index is 640. The van der Waals surface area contributed by atoms with Crippen molar-refractivity contribution in [2.75, 3.05) is 6.61 Å². The molecular formula is C12H14O7S. The van der Waals surface area contributed by atoms with Crippen molar-refractivity contribution in [3.05, 3.63) is 12.7 Å². The number of ether oxygens (including phenoxy) is 1. The minimum absolute atomic E-state index is 0.139. The molecule has 8 heteroatoms. The molecule has 6 unspecified atom stereocenters. The van der Waals surface area contributed by atoms with E-state index in [2.05, 4.69) is 6.58 Å². The number of hydrogen-bond acceptors (Lipinski definition) is 7. The molecule has 0 aromatic rings. The predicted octanol–water partition coefficient (Wildman–Crippen LogP) is -1.30. The van der Waals surface area contributed by atoms with Crippen molar-refractivity contribution in [2.24, 2.45) is 10.8 Å². The first kappa shape index (κ1) is 12.8. The second kappa shape index (κ2) is 3.11. The van der Waals surface area contributed by atoms with Crippen molar-refractivity contribution in [3.63, 3.8) is 0 Å². The molecule has 0 amide bonds. The van der Waals surface area contributed by atoms with Gasteiger partial charge in [0.2, 0.25) is 0 Å². The predicted molar refractivity (Wildman–Crippen MR) is 63.8 cm³/mol. The van der Waals surface area contributed by atoms with E-state index in [4.69, 9.17) is 8.92 Å². The number of fused-ring (bicyclic) bond motifs is 2. The summed E-state index contributed by atoms with van der Waals surface area (Å²) in [7, 11) is -3.71. The molecule has 1 spiro atoms. The van der Waals surface area contributed by atoms with Gasteiger partial charge in [0.15, 0.2) is 0 Å². The average Bonchev–Trinajstić information content (AvgIpc) is 2.74. The van der Waals surface area contributed by atoms with E-state index in [1.807, 2.05) is 0 Å². The number of rotatable bonds is 3. The van der Waals surface area contributed by atoms with Crippen LogP contribution in [0, 0.1) is 10.8 Å². The molecule has 0 radical (unpaired) electrons. The topological polar surface area (TPSA) is 110 Å². The quantitative estimate of drug-likeness (QED) is 0.379. The Morgan fingerprint density at radius 3 is 2.85 bits per heavy atom. The first-order chi connectivity index (χ1) is 9.28. The van der Waals surface area contributed by atoms with E-state index in [9.17, 15) is 23.4 Å². The van der Waals surface area contributed by atoms with Crippen molar-refractivity contribution in [3.8, 4) is 0 Å². The van der Waals surface area contributed by atoms with Gasteiger partial charge < -0.3 is 14.9 Å². The summed E-state index contributed by atoms with van der Waals surface area (Å²) in [5, 5.41) is 19.6.